The van der Waals surface area contributed by atoms with Gasteiger partial charge in [-0.25, -0.2) is 0 Å². The number of rotatable bonds is 9. The Bertz CT molecular complexity index is 787. The van der Waals surface area contributed by atoms with Crippen molar-refractivity contribution in [1.29, 1.82) is 0 Å². The third kappa shape index (κ3) is 5.36. The molecule has 2 heteroatoms. The summed E-state index contributed by atoms with van der Waals surface area (Å²) in [6.45, 7) is 2.28. The fourth-order valence-corrected chi connectivity index (χ4v) is 5.99. The number of hydrogen-bond acceptors (Lipinski definition) is 0. The van der Waals surface area contributed by atoms with Crippen LogP contribution in [0.1, 0.15) is 49.9 Å². The van der Waals surface area contributed by atoms with Crippen LogP contribution in [0.2, 0.25) is 5.02 Å². The summed E-state index contributed by atoms with van der Waals surface area (Å²) in [7, 11) is 0. The van der Waals surface area contributed by atoms with Gasteiger partial charge in [0, 0.05) is 0 Å². The van der Waals surface area contributed by atoms with Crippen LogP contribution in [0.25, 0.3) is 21.1 Å². The van der Waals surface area contributed by atoms with Crippen LogP contribution in [0, 0.1) is 0 Å². The van der Waals surface area contributed by atoms with E-state index in [0.717, 1.165) is 5.02 Å². The van der Waals surface area contributed by atoms with Crippen LogP contribution in [0.15, 0.2) is 60.7 Å². The zero-order valence-corrected chi connectivity index (χ0v) is 18.0. The summed E-state index contributed by atoms with van der Waals surface area (Å²) < 4.78 is 3.15. The van der Waals surface area contributed by atoms with Gasteiger partial charge in [-0.3, -0.25) is 0 Å². The van der Waals surface area contributed by atoms with E-state index in [4.69, 9.17) is 11.6 Å². The standard InChI is InChI=1S/C24H27ClSe/c1-2-3-4-5-6-10-13-22-18-23(19-14-16-21(25)17-15-19)24(26-22)20-11-8-7-9-12-20/h7-9,11-12,14-18H,2-6,10,13H2,1H3. The fraction of sp³-hybridized carbons (Fsp3) is 0.333. The number of hydrogen-bond donors (Lipinski definition) is 0. The summed E-state index contributed by atoms with van der Waals surface area (Å²) in [6.07, 6.45) is 9.43. The first-order valence-corrected chi connectivity index (χ1v) is 11.8. The van der Waals surface area contributed by atoms with Gasteiger partial charge in [-0.2, -0.15) is 0 Å². The van der Waals surface area contributed by atoms with Crippen LogP contribution in [0.5, 0.6) is 0 Å². The van der Waals surface area contributed by atoms with Crippen molar-refractivity contribution in [3.05, 3.63) is 70.1 Å². The normalized spacial score (nSPS) is 11.0. The first kappa shape index (κ1) is 19.5. The van der Waals surface area contributed by atoms with E-state index >= 15 is 0 Å². The fourth-order valence-electron chi connectivity index (χ4n) is 3.29. The van der Waals surface area contributed by atoms with Gasteiger partial charge in [0.25, 0.3) is 0 Å². The summed E-state index contributed by atoms with van der Waals surface area (Å²) >= 11 is 6.52. The molecule has 0 unspecified atom stereocenters. The molecule has 0 fully saturated rings. The maximum absolute atomic E-state index is 6.09. The minimum absolute atomic E-state index is 0.430. The molecule has 0 spiro atoms. The molecule has 136 valence electrons. The van der Waals surface area contributed by atoms with Gasteiger partial charge in [0.05, 0.1) is 0 Å². The topological polar surface area (TPSA) is 0 Å². The van der Waals surface area contributed by atoms with Crippen molar-refractivity contribution in [1.82, 2.24) is 0 Å². The van der Waals surface area contributed by atoms with Crippen molar-refractivity contribution in [2.24, 2.45) is 0 Å². The number of halogens is 1. The van der Waals surface area contributed by atoms with Crippen LogP contribution in [0.4, 0.5) is 0 Å². The zero-order valence-electron chi connectivity index (χ0n) is 15.5. The van der Waals surface area contributed by atoms with Crippen LogP contribution in [-0.4, -0.2) is 14.5 Å². The molecular formula is C24H27ClSe. The molecule has 1 aromatic heterocycles. The van der Waals surface area contributed by atoms with Gasteiger partial charge in [0.1, 0.15) is 0 Å². The minimum atomic E-state index is 0.430. The molecule has 0 aliphatic rings. The molecule has 0 bridgehead atoms. The molecular weight excluding hydrogens is 403 g/mol. The molecule has 0 radical (unpaired) electrons. The Morgan fingerprint density at radius 1 is 0.769 bits per heavy atom. The Morgan fingerprint density at radius 2 is 1.46 bits per heavy atom. The van der Waals surface area contributed by atoms with E-state index in [2.05, 4.69) is 55.5 Å². The van der Waals surface area contributed by atoms with E-state index in [1.165, 1.54) is 66.1 Å². The Hall–Kier alpha value is -1.27. The van der Waals surface area contributed by atoms with Gasteiger partial charge in [0.2, 0.25) is 0 Å². The molecule has 0 saturated carbocycles. The van der Waals surface area contributed by atoms with E-state index in [9.17, 15) is 0 Å². The first-order chi connectivity index (χ1) is 12.8. The molecule has 3 rings (SSSR count). The second-order valence-corrected chi connectivity index (χ2v) is 9.67. The molecule has 2 aromatic carbocycles. The molecule has 0 aliphatic heterocycles. The van der Waals surface area contributed by atoms with Crippen molar-refractivity contribution >= 4 is 26.1 Å². The Balaban J connectivity index is 1.78. The number of unbranched alkanes of at least 4 members (excludes halogenated alkanes) is 5. The van der Waals surface area contributed by atoms with Crippen LogP contribution in [-0.2, 0) is 6.42 Å². The molecule has 0 aliphatic carbocycles. The average molecular weight is 430 g/mol. The Kier molecular flexibility index (Phi) is 7.62. The molecule has 0 saturated heterocycles. The van der Waals surface area contributed by atoms with Crippen LogP contribution < -0.4 is 0 Å². The van der Waals surface area contributed by atoms with Gasteiger partial charge < -0.3 is 0 Å². The quantitative estimate of drug-likeness (QED) is 0.242. The summed E-state index contributed by atoms with van der Waals surface area (Å²) in [5.74, 6) is 0. The molecule has 0 nitrogen and oxygen atoms in total. The molecule has 3 aromatic rings. The van der Waals surface area contributed by atoms with E-state index in [1.54, 1.807) is 4.44 Å². The summed E-state index contributed by atoms with van der Waals surface area (Å²) in [5, 5.41) is 0.801. The molecule has 0 N–H and O–H groups in total. The molecule has 0 atom stereocenters. The van der Waals surface area contributed by atoms with Crippen LogP contribution >= 0.6 is 11.6 Å². The molecule has 0 amide bonds. The third-order valence-electron chi connectivity index (χ3n) is 4.75. The van der Waals surface area contributed by atoms with E-state index < -0.39 is 0 Å². The van der Waals surface area contributed by atoms with Gasteiger partial charge in [-0.05, 0) is 0 Å². The van der Waals surface area contributed by atoms with Crippen LogP contribution in [0.3, 0.4) is 0 Å². The van der Waals surface area contributed by atoms with Gasteiger partial charge >= 0.3 is 169 Å². The molecule has 26 heavy (non-hydrogen) atoms. The van der Waals surface area contributed by atoms with Gasteiger partial charge in [-0.15, -0.1) is 0 Å². The monoisotopic (exact) mass is 430 g/mol. The van der Waals surface area contributed by atoms with Crippen molar-refractivity contribution in [3.8, 4) is 21.1 Å². The summed E-state index contributed by atoms with van der Waals surface area (Å²) in [4.78, 5) is 0. The van der Waals surface area contributed by atoms with Crippen molar-refractivity contribution in [2.45, 2.75) is 51.9 Å². The van der Waals surface area contributed by atoms with Crippen molar-refractivity contribution in [2.75, 3.05) is 0 Å². The van der Waals surface area contributed by atoms with Crippen molar-refractivity contribution in [3.63, 3.8) is 0 Å². The van der Waals surface area contributed by atoms with E-state index in [1.807, 2.05) is 12.1 Å². The number of aryl methyl sites for hydroxylation is 1. The number of benzene rings is 2. The summed E-state index contributed by atoms with van der Waals surface area (Å²) in [6, 6.07) is 21.6. The second kappa shape index (κ2) is 10.2. The third-order valence-corrected chi connectivity index (χ3v) is 7.61. The SMILES string of the molecule is CCCCCCCCc1cc(-c2ccc(Cl)cc2)c(-c2ccccc2)[se]1. The van der Waals surface area contributed by atoms with E-state index in [-0.39, 0.29) is 0 Å². The van der Waals surface area contributed by atoms with Gasteiger partial charge in [-0.1, -0.05) is 0 Å². The first-order valence-electron chi connectivity index (χ1n) is 9.72. The average Bonchev–Trinajstić information content (AvgIpc) is 3.10. The predicted octanol–water partition coefficient (Wildman–Crippen LogP) is 7.63. The van der Waals surface area contributed by atoms with E-state index in [0.29, 0.717) is 14.5 Å². The second-order valence-electron chi connectivity index (χ2n) is 6.85. The van der Waals surface area contributed by atoms with Crippen molar-refractivity contribution < 1.29 is 0 Å². The molecule has 1 heterocycles. The Morgan fingerprint density at radius 3 is 2.19 bits per heavy atom. The zero-order chi connectivity index (χ0) is 18.2. The van der Waals surface area contributed by atoms with Gasteiger partial charge in [0.15, 0.2) is 0 Å². The summed E-state index contributed by atoms with van der Waals surface area (Å²) in [5.41, 5.74) is 4.05. The maximum atomic E-state index is 6.09. The predicted molar refractivity (Wildman–Crippen MR) is 116 cm³/mol. The Labute approximate surface area is 169 Å².